The van der Waals surface area contributed by atoms with E-state index in [1.54, 1.807) is 31.4 Å². The van der Waals surface area contributed by atoms with E-state index in [4.69, 9.17) is 8.92 Å². The maximum absolute atomic E-state index is 13.9. The first-order chi connectivity index (χ1) is 19.4. The largest absolute Gasteiger partial charge is 0.497 e. The predicted molar refractivity (Wildman–Crippen MR) is 157 cm³/mol. The molecule has 4 fully saturated rings. The fourth-order valence-corrected chi connectivity index (χ4v) is 9.89. The molecule has 0 radical (unpaired) electrons. The monoisotopic (exact) mass is 576 g/mol. The first kappa shape index (κ1) is 28.4. The van der Waals surface area contributed by atoms with Crippen molar-refractivity contribution in [1.29, 1.82) is 0 Å². The summed E-state index contributed by atoms with van der Waals surface area (Å²) in [4.78, 5) is 27.9. The molecule has 41 heavy (non-hydrogen) atoms. The molecular formula is C34H40O6S. The normalized spacial score (nSPS) is 36.0. The number of benzene rings is 2. The minimum Gasteiger partial charge on any atom is -0.497 e. The summed E-state index contributed by atoms with van der Waals surface area (Å²) in [6, 6.07) is 14.5. The Morgan fingerprint density at radius 3 is 2.34 bits per heavy atom. The van der Waals surface area contributed by atoms with Crippen LogP contribution in [0.5, 0.6) is 5.75 Å². The molecule has 4 aliphatic rings. The van der Waals surface area contributed by atoms with Crippen LogP contribution in [0.2, 0.25) is 0 Å². The number of hydrogen-bond acceptors (Lipinski definition) is 6. The maximum Gasteiger partial charge on any atom is 0.297 e. The van der Waals surface area contributed by atoms with Crippen molar-refractivity contribution in [1.82, 2.24) is 0 Å². The van der Waals surface area contributed by atoms with E-state index in [0.717, 1.165) is 41.7 Å². The van der Waals surface area contributed by atoms with Crippen LogP contribution in [0, 0.1) is 41.4 Å². The van der Waals surface area contributed by atoms with Crippen molar-refractivity contribution in [2.45, 2.75) is 76.7 Å². The van der Waals surface area contributed by atoms with Gasteiger partial charge in [-0.2, -0.15) is 8.42 Å². The minimum atomic E-state index is -3.85. The van der Waals surface area contributed by atoms with E-state index in [1.165, 1.54) is 0 Å². The van der Waals surface area contributed by atoms with Gasteiger partial charge in [0.2, 0.25) is 0 Å². The molecule has 4 aliphatic carbocycles. The first-order valence-corrected chi connectivity index (χ1v) is 16.3. The Bertz CT molecular complexity index is 1490. The van der Waals surface area contributed by atoms with Crippen molar-refractivity contribution in [3.63, 3.8) is 0 Å². The number of carbonyl (C=O) groups is 2. The van der Waals surface area contributed by atoms with Gasteiger partial charge in [-0.25, -0.2) is 0 Å². The number of ether oxygens (including phenoxy) is 1. The van der Waals surface area contributed by atoms with Crippen molar-refractivity contribution < 1.29 is 26.9 Å². The van der Waals surface area contributed by atoms with Crippen LogP contribution < -0.4 is 4.74 Å². The van der Waals surface area contributed by atoms with Gasteiger partial charge in [-0.15, -0.1) is 0 Å². The Hall–Kier alpha value is -2.77. The van der Waals surface area contributed by atoms with Gasteiger partial charge in [0.05, 0.1) is 18.1 Å². The molecule has 218 valence electrons. The molecule has 0 aliphatic heterocycles. The average molecular weight is 577 g/mol. The summed E-state index contributed by atoms with van der Waals surface area (Å²) in [5.41, 5.74) is 1.92. The maximum atomic E-state index is 13.9. The van der Waals surface area contributed by atoms with Crippen molar-refractivity contribution in [2.24, 2.45) is 34.5 Å². The first-order valence-electron chi connectivity index (χ1n) is 14.9. The second kappa shape index (κ2) is 10.2. The van der Waals surface area contributed by atoms with Gasteiger partial charge in [0.25, 0.3) is 10.1 Å². The van der Waals surface area contributed by atoms with E-state index in [-0.39, 0.29) is 51.7 Å². The fourth-order valence-electron chi connectivity index (χ4n) is 8.78. The summed E-state index contributed by atoms with van der Waals surface area (Å²) in [6.45, 7) is 6.17. The zero-order valence-corrected chi connectivity index (χ0v) is 25.2. The lowest BCUT2D eigenvalue weighted by Crippen LogP contribution is -2.57. The Labute approximate surface area is 243 Å². The van der Waals surface area contributed by atoms with E-state index < -0.39 is 15.5 Å². The summed E-state index contributed by atoms with van der Waals surface area (Å²) in [5.74, 6) is 1.55. The van der Waals surface area contributed by atoms with Crippen LogP contribution >= 0.6 is 0 Å². The van der Waals surface area contributed by atoms with Crippen molar-refractivity contribution in [3.05, 3.63) is 65.2 Å². The second-order valence-corrected chi connectivity index (χ2v) is 14.9. The Morgan fingerprint density at radius 2 is 1.66 bits per heavy atom. The molecule has 2 aromatic rings. The van der Waals surface area contributed by atoms with E-state index >= 15 is 0 Å². The number of hydrogen-bond donors (Lipinski definition) is 0. The van der Waals surface area contributed by atoms with E-state index in [0.29, 0.717) is 25.7 Å². The van der Waals surface area contributed by atoms with Crippen LogP contribution in [-0.4, -0.2) is 33.2 Å². The third-order valence-electron chi connectivity index (χ3n) is 11.0. The van der Waals surface area contributed by atoms with Gasteiger partial charge in [-0.3, -0.25) is 13.8 Å². The summed E-state index contributed by atoms with van der Waals surface area (Å²) < 4.78 is 37.0. The third kappa shape index (κ3) is 4.79. The van der Waals surface area contributed by atoms with Gasteiger partial charge in [0.15, 0.2) is 5.78 Å². The molecule has 6 nitrogen and oxygen atoms in total. The molecule has 0 spiro atoms. The third-order valence-corrected chi connectivity index (χ3v) is 12.4. The summed E-state index contributed by atoms with van der Waals surface area (Å²) >= 11 is 0. The average Bonchev–Trinajstić information content (AvgIpc) is 3.18. The molecule has 6 rings (SSSR count). The fraction of sp³-hybridized carbons (Fsp3) is 0.529. The number of ketones is 2. The molecule has 0 aromatic heterocycles. The standard InChI is InChI=1S/C34H40O6S/c1-21-5-12-27(13-6-21)41(37,38)40-26-15-16-33(2)24(19-26)9-14-28-29-18-23(17-22-7-10-25(39-4)11-8-22)32(36)34(29,3)20-30(35)31(28)33/h5-8,10-13,17,24,26,28-29,31H,9,14-16,18-20H2,1-4H3/b23-17+/t24-,26?,28?,29?,31?,33?,34?/m0/s1. The summed E-state index contributed by atoms with van der Waals surface area (Å²) in [6.07, 6.45) is 6.43. The number of Topliss-reactive ketones (excluding diaryl/α,β-unsaturated/α-hetero) is 2. The van der Waals surface area contributed by atoms with Gasteiger partial charge < -0.3 is 4.74 Å². The lowest BCUT2D eigenvalue weighted by molar-refractivity contribution is -0.161. The van der Waals surface area contributed by atoms with Gasteiger partial charge in [-0.05, 0) is 110 Å². The number of aryl methyl sites for hydroxylation is 1. The molecule has 7 heteroatoms. The molecule has 0 heterocycles. The highest BCUT2D eigenvalue weighted by atomic mass is 32.2. The van der Waals surface area contributed by atoms with Crippen LogP contribution in [0.25, 0.3) is 6.08 Å². The lowest BCUT2D eigenvalue weighted by atomic mass is 9.45. The topological polar surface area (TPSA) is 86.7 Å². The van der Waals surface area contributed by atoms with Crippen LogP contribution in [-0.2, 0) is 23.9 Å². The second-order valence-electron chi connectivity index (χ2n) is 13.3. The Balaban J connectivity index is 1.21. The van der Waals surface area contributed by atoms with Crippen molar-refractivity contribution >= 4 is 27.8 Å². The molecule has 0 bridgehead atoms. The molecule has 7 atom stereocenters. The van der Waals surface area contributed by atoms with Gasteiger partial charge in [-0.1, -0.05) is 43.7 Å². The Kier molecular flexibility index (Phi) is 7.05. The van der Waals surface area contributed by atoms with Crippen molar-refractivity contribution in [3.8, 4) is 5.75 Å². The molecule has 0 amide bonds. The lowest BCUT2D eigenvalue weighted by Gasteiger charge is -2.59. The predicted octanol–water partition coefficient (Wildman–Crippen LogP) is 6.56. The highest BCUT2D eigenvalue weighted by Gasteiger charge is 2.64. The number of rotatable bonds is 5. The minimum absolute atomic E-state index is 0.0953. The zero-order valence-electron chi connectivity index (χ0n) is 24.4. The van der Waals surface area contributed by atoms with Gasteiger partial charge in [0.1, 0.15) is 11.5 Å². The number of fused-ring (bicyclic) bond motifs is 5. The Morgan fingerprint density at radius 1 is 0.951 bits per heavy atom. The number of carbonyl (C=O) groups excluding carboxylic acids is 2. The molecule has 2 aromatic carbocycles. The summed E-state index contributed by atoms with van der Waals surface area (Å²) in [5, 5.41) is 0. The molecular weight excluding hydrogens is 536 g/mol. The van der Waals surface area contributed by atoms with Gasteiger partial charge in [0, 0.05) is 17.8 Å². The van der Waals surface area contributed by atoms with Crippen LogP contribution in [0.3, 0.4) is 0 Å². The molecule has 6 unspecified atom stereocenters. The molecule has 0 N–H and O–H groups in total. The van der Waals surface area contributed by atoms with Crippen LogP contribution in [0.4, 0.5) is 0 Å². The zero-order chi connectivity index (χ0) is 29.2. The van der Waals surface area contributed by atoms with E-state index in [2.05, 4.69) is 6.92 Å². The molecule has 0 saturated heterocycles. The number of allylic oxidation sites excluding steroid dienone is 1. The molecule has 4 saturated carbocycles. The summed E-state index contributed by atoms with van der Waals surface area (Å²) in [7, 11) is -2.21. The van der Waals surface area contributed by atoms with Crippen molar-refractivity contribution in [2.75, 3.05) is 7.11 Å². The SMILES string of the molecule is COc1ccc(/C=C2\CC3C4CC[C@H]5CC(OS(=O)(=O)c6ccc(C)cc6)CCC5(C)C4C(=O)CC3(C)C2=O)cc1. The van der Waals surface area contributed by atoms with Gasteiger partial charge >= 0.3 is 0 Å². The van der Waals surface area contributed by atoms with E-state index in [9.17, 15) is 18.0 Å². The quantitative estimate of drug-likeness (QED) is 0.296. The van der Waals surface area contributed by atoms with Crippen LogP contribution in [0.1, 0.15) is 69.9 Å². The van der Waals surface area contributed by atoms with Crippen LogP contribution in [0.15, 0.2) is 59.0 Å². The smallest absolute Gasteiger partial charge is 0.297 e. The number of methoxy groups -OCH3 is 1. The van der Waals surface area contributed by atoms with E-state index in [1.807, 2.05) is 44.2 Å². The highest BCUT2D eigenvalue weighted by Crippen LogP contribution is 2.65. The highest BCUT2D eigenvalue weighted by molar-refractivity contribution is 7.86.